The number of ether oxygens (including phenoxy) is 1. The van der Waals surface area contributed by atoms with Gasteiger partial charge in [0.2, 0.25) is 0 Å². The van der Waals surface area contributed by atoms with Crippen molar-refractivity contribution in [2.45, 2.75) is 38.3 Å². The van der Waals surface area contributed by atoms with E-state index in [9.17, 15) is 0 Å². The zero-order chi connectivity index (χ0) is 14.5. The maximum atomic E-state index is 5.34. The van der Waals surface area contributed by atoms with Crippen molar-refractivity contribution in [3.05, 3.63) is 65.2 Å². The fourth-order valence-electron chi connectivity index (χ4n) is 3.10. The Kier molecular flexibility index (Phi) is 6.29. The summed E-state index contributed by atoms with van der Waals surface area (Å²) in [6.45, 7) is 0.955. The normalized spacial score (nSPS) is 17.0. The van der Waals surface area contributed by atoms with Crippen molar-refractivity contribution in [1.82, 2.24) is 5.32 Å². The summed E-state index contributed by atoms with van der Waals surface area (Å²) < 4.78 is 5.34. The molecule has 0 aliphatic heterocycles. The van der Waals surface area contributed by atoms with Crippen molar-refractivity contribution < 1.29 is 4.74 Å². The fourth-order valence-corrected chi connectivity index (χ4v) is 3.10. The van der Waals surface area contributed by atoms with Crippen LogP contribution in [0.2, 0.25) is 0 Å². The maximum Gasteiger partial charge on any atom is 0.119 e. The lowest BCUT2D eigenvalue weighted by molar-refractivity contribution is 0.414. The van der Waals surface area contributed by atoms with Gasteiger partial charge in [0, 0.05) is 12.6 Å². The highest BCUT2D eigenvalue weighted by molar-refractivity contribution is 5.85. The number of benzene rings is 2. The fraction of sp³-hybridized carbons (Fsp3) is 0.368. The smallest absolute Gasteiger partial charge is 0.119 e. The topological polar surface area (TPSA) is 21.3 Å². The van der Waals surface area contributed by atoms with Gasteiger partial charge in [-0.1, -0.05) is 36.4 Å². The third kappa shape index (κ3) is 4.25. The molecule has 1 N–H and O–H groups in total. The lowest BCUT2D eigenvalue weighted by atomic mass is 10.0. The van der Waals surface area contributed by atoms with Crippen LogP contribution in [-0.4, -0.2) is 13.2 Å². The van der Waals surface area contributed by atoms with Crippen molar-refractivity contribution in [2.24, 2.45) is 0 Å². The van der Waals surface area contributed by atoms with Crippen LogP contribution in [0.5, 0.6) is 5.75 Å². The molecule has 1 aliphatic rings. The van der Waals surface area contributed by atoms with Crippen LogP contribution in [0.3, 0.4) is 0 Å². The van der Waals surface area contributed by atoms with Crippen molar-refractivity contribution >= 4 is 12.4 Å². The molecule has 0 bridgehead atoms. The van der Waals surface area contributed by atoms with Crippen LogP contribution < -0.4 is 10.1 Å². The van der Waals surface area contributed by atoms with E-state index in [1.54, 1.807) is 7.11 Å². The van der Waals surface area contributed by atoms with E-state index < -0.39 is 0 Å². The van der Waals surface area contributed by atoms with Crippen molar-refractivity contribution in [1.29, 1.82) is 0 Å². The molecule has 0 saturated heterocycles. The van der Waals surface area contributed by atoms with Gasteiger partial charge in [-0.25, -0.2) is 0 Å². The number of halogens is 1. The number of nitrogens with one attached hydrogen (secondary N) is 1. The zero-order valence-electron chi connectivity index (χ0n) is 13.0. The molecule has 2 aromatic carbocycles. The zero-order valence-corrected chi connectivity index (χ0v) is 13.9. The number of hydrogen-bond donors (Lipinski definition) is 1. The second-order valence-corrected chi connectivity index (χ2v) is 5.79. The minimum Gasteiger partial charge on any atom is -0.497 e. The predicted octanol–water partition coefficient (Wildman–Crippen LogP) is 4.15. The van der Waals surface area contributed by atoms with Gasteiger partial charge in [0.25, 0.3) is 0 Å². The van der Waals surface area contributed by atoms with Gasteiger partial charge >= 0.3 is 0 Å². The standard InChI is InChI=1S/C19H23NO.ClH/c1-21-19-11-10-17-12-18(9-5-8-16(17)13-19)20-14-15-6-3-2-4-7-15;/h2-4,6-7,10-11,13,18,20H,5,8-9,12,14H2,1H3;1H. The van der Waals surface area contributed by atoms with E-state index in [4.69, 9.17) is 4.74 Å². The highest BCUT2D eigenvalue weighted by Crippen LogP contribution is 2.25. The summed E-state index contributed by atoms with van der Waals surface area (Å²) in [5, 5.41) is 3.72. The number of fused-ring (bicyclic) bond motifs is 1. The summed E-state index contributed by atoms with van der Waals surface area (Å²) in [4.78, 5) is 0. The molecule has 3 heteroatoms. The largest absolute Gasteiger partial charge is 0.497 e. The number of rotatable bonds is 4. The van der Waals surface area contributed by atoms with E-state index in [-0.39, 0.29) is 12.4 Å². The van der Waals surface area contributed by atoms with Gasteiger partial charge in [-0.3, -0.25) is 0 Å². The Labute approximate surface area is 139 Å². The summed E-state index contributed by atoms with van der Waals surface area (Å²) in [6.07, 6.45) is 4.76. The second-order valence-electron chi connectivity index (χ2n) is 5.79. The molecule has 0 amide bonds. The summed E-state index contributed by atoms with van der Waals surface area (Å²) in [7, 11) is 1.74. The molecule has 1 atom stereocenters. The van der Waals surface area contributed by atoms with Crippen LogP contribution in [0.4, 0.5) is 0 Å². The quantitative estimate of drug-likeness (QED) is 0.855. The first-order chi connectivity index (χ1) is 10.3. The van der Waals surface area contributed by atoms with Gasteiger partial charge in [-0.15, -0.1) is 12.4 Å². The molecule has 2 aromatic rings. The summed E-state index contributed by atoms with van der Waals surface area (Å²) in [6, 6.07) is 17.7. The van der Waals surface area contributed by atoms with Gasteiger partial charge in [0.15, 0.2) is 0 Å². The lowest BCUT2D eigenvalue weighted by Crippen LogP contribution is -2.30. The van der Waals surface area contributed by atoms with E-state index in [0.717, 1.165) is 25.1 Å². The first-order valence-corrected chi connectivity index (χ1v) is 7.78. The molecule has 0 heterocycles. The van der Waals surface area contributed by atoms with E-state index in [1.165, 1.54) is 29.5 Å². The minimum atomic E-state index is 0. The van der Waals surface area contributed by atoms with Crippen LogP contribution in [0.15, 0.2) is 48.5 Å². The van der Waals surface area contributed by atoms with Gasteiger partial charge < -0.3 is 10.1 Å². The van der Waals surface area contributed by atoms with E-state index in [1.807, 2.05) is 0 Å². The Morgan fingerprint density at radius 3 is 2.68 bits per heavy atom. The lowest BCUT2D eigenvalue weighted by Gasteiger charge is -2.17. The van der Waals surface area contributed by atoms with Crippen molar-refractivity contribution in [3.63, 3.8) is 0 Å². The summed E-state index contributed by atoms with van der Waals surface area (Å²) >= 11 is 0. The molecular weight excluding hydrogens is 294 g/mol. The average molecular weight is 318 g/mol. The molecule has 118 valence electrons. The van der Waals surface area contributed by atoms with E-state index >= 15 is 0 Å². The highest BCUT2D eigenvalue weighted by Gasteiger charge is 2.16. The maximum absolute atomic E-state index is 5.34. The molecule has 0 saturated carbocycles. The SMILES string of the molecule is COc1ccc2c(c1)CCCC(NCc1ccccc1)C2.Cl. The molecule has 0 fully saturated rings. The predicted molar refractivity (Wildman–Crippen MR) is 94.0 cm³/mol. The van der Waals surface area contributed by atoms with Gasteiger partial charge in [0.1, 0.15) is 5.75 Å². The molecule has 0 spiro atoms. The average Bonchev–Trinajstić information content (AvgIpc) is 2.75. The third-order valence-electron chi connectivity index (χ3n) is 4.32. The first kappa shape index (κ1) is 16.9. The Morgan fingerprint density at radius 1 is 1.09 bits per heavy atom. The van der Waals surface area contributed by atoms with Crippen LogP contribution in [0.1, 0.15) is 29.5 Å². The highest BCUT2D eigenvalue weighted by atomic mass is 35.5. The van der Waals surface area contributed by atoms with Crippen LogP contribution in [0.25, 0.3) is 0 Å². The summed E-state index contributed by atoms with van der Waals surface area (Å²) in [5.74, 6) is 0.976. The van der Waals surface area contributed by atoms with Gasteiger partial charge in [0.05, 0.1) is 7.11 Å². The third-order valence-corrected chi connectivity index (χ3v) is 4.32. The number of aryl methyl sites for hydroxylation is 1. The molecule has 2 nitrogen and oxygen atoms in total. The van der Waals surface area contributed by atoms with E-state index in [0.29, 0.717) is 6.04 Å². The minimum absolute atomic E-state index is 0. The molecular formula is C19H24ClNO. The molecule has 22 heavy (non-hydrogen) atoms. The number of hydrogen-bond acceptors (Lipinski definition) is 2. The van der Waals surface area contributed by atoms with Gasteiger partial charge in [-0.2, -0.15) is 0 Å². The van der Waals surface area contributed by atoms with Crippen molar-refractivity contribution in [2.75, 3.05) is 7.11 Å². The van der Waals surface area contributed by atoms with Crippen LogP contribution in [-0.2, 0) is 19.4 Å². The molecule has 3 rings (SSSR count). The van der Waals surface area contributed by atoms with Gasteiger partial charge in [-0.05, 0) is 54.5 Å². The summed E-state index contributed by atoms with van der Waals surface area (Å²) in [5.41, 5.74) is 4.29. The van der Waals surface area contributed by atoms with Crippen molar-refractivity contribution in [3.8, 4) is 5.75 Å². The monoisotopic (exact) mass is 317 g/mol. The Bertz CT molecular complexity index is 585. The van der Waals surface area contributed by atoms with Crippen LogP contribution >= 0.6 is 12.4 Å². The Hall–Kier alpha value is -1.51. The Morgan fingerprint density at radius 2 is 1.91 bits per heavy atom. The first-order valence-electron chi connectivity index (χ1n) is 7.78. The second kappa shape index (κ2) is 8.21. The Balaban J connectivity index is 0.00000176. The van der Waals surface area contributed by atoms with E-state index in [2.05, 4.69) is 53.8 Å². The van der Waals surface area contributed by atoms with Crippen LogP contribution in [0, 0.1) is 0 Å². The molecule has 1 unspecified atom stereocenters. The molecule has 0 aromatic heterocycles. The number of methoxy groups -OCH3 is 1. The molecule has 1 aliphatic carbocycles. The molecule has 0 radical (unpaired) electrons.